The molecule has 0 fully saturated rings. The van der Waals surface area contributed by atoms with Crippen LogP contribution in [0.3, 0.4) is 0 Å². The maximum atomic E-state index is 6.53. The highest BCUT2D eigenvalue weighted by Crippen LogP contribution is 2.31. The number of anilines is 3. The first-order valence-corrected chi connectivity index (χ1v) is 16.3. The van der Waals surface area contributed by atoms with Gasteiger partial charge >= 0.3 is 0 Å². The third-order valence-corrected chi connectivity index (χ3v) is 8.26. The monoisotopic (exact) mass is 645 g/mol. The molecule has 48 heavy (non-hydrogen) atoms. The molecule has 250 valence electrons. The first-order valence-electron chi connectivity index (χ1n) is 16.3. The normalized spacial score (nSPS) is 11.4. The average Bonchev–Trinajstić information content (AvgIpc) is 3.79. The molecule has 0 amide bonds. The second-order valence-corrected chi connectivity index (χ2v) is 11.9. The average molecular weight is 646 g/mol. The zero-order valence-corrected chi connectivity index (χ0v) is 28.3. The highest BCUT2D eigenvalue weighted by atomic mass is 15.3. The molecule has 2 aromatic carbocycles. The van der Waals surface area contributed by atoms with E-state index in [-0.39, 0.29) is 0 Å². The van der Waals surface area contributed by atoms with Crippen molar-refractivity contribution in [1.29, 1.82) is 0 Å². The molecular formula is C37H47N11. The molecule has 3 aromatic heterocycles. The number of fused-ring (bicyclic) bond motifs is 1. The number of nitrogens with one attached hydrogen (secondary N) is 2. The number of hydrogen-bond acceptors (Lipinski definition) is 8. The maximum absolute atomic E-state index is 6.53. The van der Waals surface area contributed by atoms with Crippen molar-refractivity contribution in [3.8, 4) is 0 Å². The minimum Gasteiger partial charge on any atom is -0.399 e. The van der Waals surface area contributed by atoms with Gasteiger partial charge in [-0.25, -0.2) is 9.97 Å². The van der Waals surface area contributed by atoms with Crippen LogP contribution in [0.1, 0.15) is 53.9 Å². The van der Waals surface area contributed by atoms with E-state index in [2.05, 4.69) is 83.2 Å². The van der Waals surface area contributed by atoms with Crippen LogP contribution in [0, 0.1) is 6.92 Å². The number of benzene rings is 2. The molecule has 3 heterocycles. The third kappa shape index (κ3) is 7.46. The van der Waals surface area contributed by atoms with Crippen LogP contribution in [0.2, 0.25) is 0 Å². The van der Waals surface area contributed by atoms with Crippen LogP contribution in [0.5, 0.6) is 0 Å². The Bertz CT molecular complexity index is 1970. The molecule has 0 saturated heterocycles. The van der Waals surface area contributed by atoms with Crippen LogP contribution in [0.15, 0.2) is 80.9 Å². The van der Waals surface area contributed by atoms with E-state index in [1.165, 1.54) is 5.56 Å². The summed E-state index contributed by atoms with van der Waals surface area (Å²) in [5.41, 5.74) is 29.6. The van der Waals surface area contributed by atoms with E-state index in [9.17, 15) is 0 Å². The molecule has 5 aromatic rings. The van der Waals surface area contributed by atoms with Crippen molar-refractivity contribution in [2.45, 2.75) is 59.7 Å². The quantitative estimate of drug-likeness (QED) is 0.0633. The molecule has 11 heteroatoms. The van der Waals surface area contributed by atoms with Gasteiger partial charge < -0.3 is 37.0 Å². The van der Waals surface area contributed by atoms with Gasteiger partial charge in [-0.3, -0.25) is 4.68 Å². The van der Waals surface area contributed by atoms with Gasteiger partial charge in [-0.2, -0.15) is 5.10 Å². The van der Waals surface area contributed by atoms with Crippen molar-refractivity contribution in [1.82, 2.24) is 28.9 Å². The van der Waals surface area contributed by atoms with E-state index < -0.39 is 0 Å². The molecule has 0 bridgehead atoms. The minimum absolute atomic E-state index is 0.483. The number of imidazole rings is 2. The molecule has 0 aliphatic carbocycles. The molecule has 8 N–H and O–H groups in total. The minimum atomic E-state index is 0.483. The van der Waals surface area contributed by atoms with Gasteiger partial charge in [-0.05, 0) is 79.3 Å². The zero-order chi connectivity index (χ0) is 34.4. The van der Waals surface area contributed by atoms with E-state index in [1.54, 1.807) is 6.20 Å². The standard InChI is InChI=1S/C37H47N11/c1-7-11-29-20-31(26(5)39)22-33-36(29)47(37(44-33)43-27(6)34-18-24(3)45-48(34)8-2)15-10-9-13-42-35-28(12-16-46-17-14-41-23-46)19-30(25(4)38)21-32(35)40/h9-10,14,17-23,42H,4-8,11-13,15-16,38-40H2,1-3H3,(H,43,44)/b10-9+. The molecule has 0 aliphatic heterocycles. The Morgan fingerprint density at radius 2 is 1.71 bits per heavy atom. The van der Waals surface area contributed by atoms with Gasteiger partial charge in [0.25, 0.3) is 0 Å². The highest BCUT2D eigenvalue weighted by Gasteiger charge is 2.18. The zero-order valence-electron chi connectivity index (χ0n) is 28.3. The predicted octanol–water partition coefficient (Wildman–Crippen LogP) is 6.14. The lowest BCUT2D eigenvalue weighted by molar-refractivity contribution is 0.645. The van der Waals surface area contributed by atoms with Crippen LogP contribution in [0.4, 0.5) is 17.3 Å². The number of nitrogens with two attached hydrogens (primary N) is 3. The van der Waals surface area contributed by atoms with E-state index in [1.807, 2.05) is 46.9 Å². The van der Waals surface area contributed by atoms with Gasteiger partial charge in [0.2, 0.25) is 5.95 Å². The fraction of sp³-hybridized carbons (Fsp3) is 0.270. The predicted molar refractivity (Wildman–Crippen MR) is 200 cm³/mol. The third-order valence-electron chi connectivity index (χ3n) is 8.26. The number of hydrogen-bond donors (Lipinski definition) is 5. The first kappa shape index (κ1) is 33.6. The van der Waals surface area contributed by atoms with Crippen LogP contribution in [0.25, 0.3) is 28.1 Å². The summed E-state index contributed by atoms with van der Waals surface area (Å²) in [6.45, 7) is 21.1. The Morgan fingerprint density at radius 3 is 2.40 bits per heavy atom. The number of nitrogens with zero attached hydrogens (tertiary/aromatic N) is 6. The smallest absolute Gasteiger partial charge is 0.208 e. The lowest BCUT2D eigenvalue weighted by atomic mass is 10.0. The van der Waals surface area contributed by atoms with Crippen molar-refractivity contribution in [3.63, 3.8) is 0 Å². The maximum Gasteiger partial charge on any atom is 0.208 e. The van der Waals surface area contributed by atoms with Crippen molar-refractivity contribution in [2.24, 2.45) is 11.5 Å². The van der Waals surface area contributed by atoms with Crippen molar-refractivity contribution < 1.29 is 0 Å². The number of aromatic nitrogens is 6. The van der Waals surface area contributed by atoms with Gasteiger partial charge in [-0.15, -0.1) is 0 Å². The molecule has 5 rings (SSSR count). The van der Waals surface area contributed by atoms with E-state index >= 15 is 0 Å². The number of rotatable bonds is 16. The van der Waals surface area contributed by atoms with Gasteiger partial charge in [0.05, 0.1) is 45.8 Å². The molecule has 0 spiro atoms. The summed E-state index contributed by atoms with van der Waals surface area (Å²) < 4.78 is 6.17. The van der Waals surface area contributed by atoms with Crippen LogP contribution < -0.4 is 27.8 Å². The summed E-state index contributed by atoms with van der Waals surface area (Å²) in [6.07, 6.45) is 12.4. The Balaban J connectivity index is 1.42. The topological polar surface area (TPSA) is 156 Å². The van der Waals surface area contributed by atoms with E-state index in [0.717, 1.165) is 82.8 Å². The highest BCUT2D eigenvalue weighted by molar-refractivity contribution is 5.87. The van der Waals surface area contributed by atoms with Crippen LogP contribution >= 0.6 is 0 Å². The molecule has 0 saturated carbocycles. The van der Waals surface area contributed by atoms with E-state index in [0.29, 0.717) is 36.1 Å². The lowest BCUT2D eigenvalue weighted by Gasteiger charge is -2.16. The summed E-state index contributed by atoms with van der Waals surface area (Å²) >= 11 is 0. The summed E-state index contributed by atoms with van der Waals surface area (Å²) in [4.78, 5) is 9.19. The summed E-state index contributed by atoms with van der Waals surface area (Å²) in [6, 6.07) is 10.1. The van der Waals surface area contributed by atoms with E-state index in [4.69, 9.17) is 22.2 Å². The van der Waals surface area contributed by atoms with Crippen LogP contribution in [-0.2, 0) is 32.5 Å². The Hall–Kier alpha value is -5.71. The molecule has 0 radical (unpaired) electrons. The second kappa shape index (κ2) is 14.8. The van der Waals surface area contributed by atoms with Gasteiger partial charge in [0.1, 0.15) is 0 Å². The second-order valence-electron chi connectivity index (χ2n) is 11.9. The van der Waals surface area contributed by atoms with Crippen molar-refractivity contribution >= 4 is 45.4 Å². The summed E-state index contributed by atoms with van der Waals surface area (Å²) in [5.74, 6) is 0.690. The Morgan fingerprint density at radius 1 is 0.958 bits per heavy atom. The summed E-state index contributed by atoms with van der Waals surface area (Å²) in [5, 5.41) is 11.6. The molecule has 0 unspecified atom stereocenters. The van der Waals surface area contributed by atoms with Gasteiger partial charge in [0.15, 0.2) is 0 Å². The molecule has 0 aliphatic rings. The van der Waals surface area contributed by atoms with Crippen molar-refractivity contribution in [3.05, 3.63) is 115 Å². The van der Waals surface area contributed by atoms with Gasteiger partial charge in [-0.1, -0.05) is 45.2 Å². The number of aryl methyl sites for hydroxylation is 5. The Kier molecular flexibility index (Phi) is 10.4. The molecule has 11 nitrogen and oxygen atoms in total. The SMILES string of the molecule is C=C(N)c1cc(N)c(NC/C=C/Cn2c(NC(=C)c3cc(C)nn3CC)nc3cc(C(=C)N)cc(CCC)c32)c(CCn2ccnc2)c1. The lowest BCUT2D eigenvalue weighted by Crippen LogP contribution is -2.11. The van der Waals surface area contributed by atoms with Crippen molar-refractivity contribution in [2.75, 3.05) is 22.9 Å². The Labute approximate surface area is 282 Å². The number of allylic oxidation sites excluding steroid dienone is 1. The molecule has 0 atom stereocenters. The fourth-order valence-electron chi connectivity index (χ4n) is 5.92. The fourth-order valence-corrected chi connectivity index (χ4v) is 5.92. The van der Waals surface area contributed by atoms with Gasteiger partial charge in [0, 0.05) is 50.0 Å². The molecular weight excluding hydrogens is 598 g/mol. The first-order chi connectivity index (χ1) is 23.1. The largest absolute Gasteiger partial charge is 0.399 e. The summed E-state index contributed by atoms with van der Waals surface area (Å²) in [7, 11) is 0. The van der Waals surface area contributed by atoms with Crippen LogP contribution in [-0.4, -0.2) is 35.4 Å². The number of nitrogen functional groups attached to an aromatic ring is 1.